The van der Waals surface area contributed by atoms with Gasteiger partial charge in [0.05, 0.1) is 0 Å². The molecule has 0 saturated heterocycles. The van der Waals surface area contributed by atoms with E-state index < -0.39 is 0 Å². The van der Waals surface area contributed by atoms with E-state index in [2.05, 4.69) is 27.7 Å². The molecule has 0 bridgehead atoms. The van der Waals surface area contributed by atoms with Crippen molar-refractivity contribution in [3.8, 4) is 0 Å². The molecule has 0 aliphatic heterocycles. The Hall–Kier alpha value is -1.47. The minimum absolute atomic E-state index is 0.0113. The predicted octanol–water partition coefficient (Wildman–Crippen LogP) is 0.825. The molecular weight excluding hydrogens is 260 g/mol. The zero-order valence-corrected chi connectivity index (χ0v) is 12.4. The van der Waals surface area contributed by atoms with Crippen LogP contribution in [0.4, 0.5) is 0 Å². The van der Waals surface area contributed by atoms with Gasteiger partial charge in [0, 0.05) is 33.0 Å². The van der Waals surface area contributed by atoms with Crippen LogP contribution in [-0.2, 0) is 16.0 Å². The maximum absolute atomic E-state index is 11.6. The Morgan fingerprint density at radius 1 is 1.40 bits per heavy atom. The first kappa shape index (κ1) is 16.6. The molecule has 1 aromatic heterocycles. The molecule has 0 aliphatic rings. The van der Waals surface area contributed by atoms with Gasteiger partial charge in [-0.05, 0) is 19.9 Å². The summed E-state index contributed by atoms with van der Waals surface area (Å²) in [5.74, 6) is 0.956. The van der Waals surface area contributed by atoms with Gasteiger partial charge in [0.15, 0.2) is 5.82 Å². The van der Waals surface area contributed by atoms with E-state index in [9.17, 15) is 4.79 Å². The summed E-state index contributed by atoms with van der Waals surface area (Å²) in [7, 11) is 1.58. The maximum atomic E-state index is 11.6. The number of methoxy groups -OCH3 is 1. The maximum Gasteiger partial charge on any atom is 0.227 e. The third-order valence-corrected chi connectivity index (χ3v) is 2.82. The summed E-state index contributed by atoms with van der Waals surface area (Å²) < 4.78 is 10.2. The number of hydrogen-bond donors (Lipinski definition) is 2. The first-order valence-corrected chi connectivity index (χ1v) is 7.00. The standard InChI is InChI=1S/C13H24N4O3/c1-4-7-14-8-9-15-11(18)5-6-12-16-13(17-20-12)10(2)19-3/h10,14H,4-9H2,1-3H3,(H,15,18). The highest BCUT2D eigenvalue weighted by Gasteiger charge is 2.13. The summed E-state index contributed by atoms with van der Waals surface area (Å²) >= 11 is 0. The Balaban J connectivity index is 2.19. The fourth-order valence-electron chi connectivity index (χ4n) is 1.54. The quantitative estimate of drug-likeness (QED) is 0.618. The summed E-state index contributed by atoms with van der Waals surface area (Å²) in [6.45, 7) is 6.34. The zero-order chi connectivity index (χ0) is 14.8. The molecule has 0 aliphatic carbocycles. The largest absolute Gasteiger partial charge is 0.374 e. The molecule has 114 valence electrons. The molecule has 1 amide bonds. The molecular formula is C13H24N4O3. The monoisotopic (exact) mass is 284 g/mol. The van der Waals surface area contributed by atoms with Gasteiger partial charge >= 0.3 is 0 Å². The van der Waals surface area contributed by atoms with Crippen LogP contribution in [0.2, 0.25) is 0 Å². The van der Waals surface area contributed by atoms with E-state index in [0.29, 0.717) is 31.1 Å². The highest BCUT2D eigenvalue weighted by atomic mass is 16.5. The van der Waals surface area contributed by atoms with Crippen LogP contribution >= 0.6 is 0 Å². The van der Waals surface area contributed by atoms with E-state index in [1.165, 1.54) is 0 Å². The predicted molar refractivity (Wildman–Crippen MR) is 74.2 cm³/mol. The molecule has 7 nitrogen and oxygen atoms in total. The summed E-state index contributed by atoms with van der Waals surface area (Å²) in [5.41, 5.74) is 0. The van der Waals surface area contributed by atoms with Crippen molar-refractivity contribution in [3.05, 3.63) is 11.7 Å². The molecule has 1 aromatic rings. The summed E-state index contributed by atoms with van der Waals surface area (Å²) in [4.78, 5) is 15.8. The van der Waals surface area contributed by atoms with Gasteiger partial charge < -0.3 is 19.9 Å². The highest BCUT2D eigenvalue weighted by Crippen LogP contribution is 2.12. The van der Waals surface area contributed by atoms with Crippen LogP contribution in [0.3, 0.4) is 0 Å². The number of hydrogen-bond acceptors (Lipinski definition) is 6. The van der Waals surface area contributed by atoms with E-state index in [1.807, 2.05) is 6.92 Å². The van der Waals surface area contributed by atoms with Gasteiger partial charge in [0.25, 0.3) is 0 Å². The van der Waals surface area contributed by atoms with Crippen molar-refractivity contribution in [3.63, 3.8) is 0 Å². The van der Waals surface area contributed by atoms with Gasteiger partial charge in [-0.2, -0.15) is 4.98 Å². The molecule has 1 rings (SSSR count). The second kappa shape index (κ2) is 9.44. The number of carbonyl (C=O) groups is 1. The van der Waals surface area contributed by atoms with Crippen molar-refractivity contribution in [2.24, 2.45) is 0 Å². The highest BCUT2D eigenvalue weighted by molar-refractivity contribution is 5.75. The van der Waals surface area contributed by atoms with E-state index in [4.69, 9.17) is 9.26 Å². The Bertz CT molecular complexity index is 395. The summed E-state index contributed by atoms with van der Waals surface area (Å²) in [5, 5.41) is 9.86. The lowest BCUT2D eigenvalue weighted by Gasteiger charge is -2.05. The molecule has 1 unspecified atom stereocenters. The number of nitrogens with one attached hydrogen (secondary N) is 2. The second-order valence-corrected chi connectivity index (χ2v) is 4.52. The Labute approximate surface area is 119 Å². The number of carbonyl (C=O) groups excluding carboxylic acids is 1. The van der Waals surface area contributed by atoms with Crippen LogP contribution < -0.4 is 10.6 Å². The Kier molecular flexibility index (Phi) is 7.82. The first-order valence-electron chi connectivity index (χ1n) is 7.00. The molecule has 0 aromatic carbocycles. The van der Waals surface area contributed by atoms with Crippen molar-refractivity contribution in [2.75, 3.05) is 26.7 Å². The third kappa shape index (κ3) is 6.12. The number of aromatic nitrogens is 2. The van der Waals surface area contributed by atoms with Crippen molar-refractivity contribution < 1.29 is 14.1 Å². The molecule has 0 radical (unpaired) electrons. The third-order valence-electron chi connectivity index (χ3n) is 2.82. The number of rotatable bonds is 10. The smallest absolute Gasteiger partial charge is 0.227 e. The van der Waals surface area contributed by atoms with E-state index in [0.717, 1.165) is 19.5 Å². The Morgan fingerprint density at radius 2 is 2.20 bits per heavy atom. The molecule has 2 N–H and O–H groups in total. The Morgan fingerprint density at radius 3 is 2.90 bits per heavy atom. The van der Waals surface area contributed by atoms with Gasteiger partial charge in [0.2, 0.25) is 11.8 Å². The van der Waals surface area contributed by atoms with Crippen LogP contribution in [-0.4, -0.2) is 42.8 Å². The van der Waals surface area contributed by atoms with Gasteiger partial charge in [0.1, 0.15) is 6.10 Å². The van der Waals surface area contributed by atoms with E-state index >= 15 is 0 Å². The molecule has 0 fully saturated rings. The van der Waals surface area contributed by atoms with Gasteiger partial charge in [-0.25, -0.2) is 0 Å². The molecule has 20 heavy (non-hydrogen) atoms. The lowest BCUT2D eigenvalue weighted by Crippen LogP contribution is -2.32. The molecule has 0 saturated carbocycles. The van der Waals surface area contributed by atoms with Gasteiger partial charge in [-0.15, -0.1) is 0 Å². The van der Waals surface area contributed by atoms with Gasteiger partial charge in [-0.1, -0.05) is 12.1 Å². The van der Waals surface area contributed by atoms with Gasteiger partial charge in [-0.3, -0.25) is 4.79 Å². The average Bonchev–Trinajstić information content (AvgIpc) is 2.93. The minimum atomic E-state index is -0.203. The second-order valence-electron chi connectivity index (χ2n) is 4.52. The van der Waals surface area contributed by atoms with E-state index in [-0.39, 0.29) is 12.0 Å². The van der Waals surface area contributed by atoms with Crippen LogP contribution in [0.5, 0.6) is 0 Å². The van der Waals surface area contributed by atoms with Crippen LogP contribution in [0.25, 0.3) is 0 Å². The molecule has 1 atom stereocenters. The van der Waals surface area contributed by atoms with Crippen LogP contribution in [0, 0.1) is 0 Å². The summed E-state index contributed by atoms with van der Waals surface area (Å²) in [6, 6.07) is 0. The summed E-state index contributed by atoms with van der Waals surface area (Å²) in [6.07, 6.45) is 1.67. The number of ether oxygens (including phenoxy) is 1. The van der Waals surface area contributed by atoms with E-state index in [1.54, 1.807) is 7.11 Å². The number of nitrogens with zero attached hydrogens (tertiary/aromatic N) is 2. The van der Waals surface area contributed by atoms with Crippen molar-refractivity contribution in [1.29, 1.82) is 0 Å². The SMILES string of the molecule is CCCNCCNC(=O)CCc1nc(C(C)OC)no1. The topological polar surface area (TPSA) is 89.3 Å². The molecule has 7 heteroatoms. The fourth-order valence-corrected chi connectivity index (χ4v) is 1.54. The first-order chi connectivity index (χ1) is 9.67. The normalized spacial score (nSPS) is 12.3. The van der Waals surface area contributed by atoms with Crippen LogP contribution in [0.15, 0.2) is 4.52 Å². The van der Waals surface area contributed by atoms with Crippen molar-refractivity contribution in [1.82, 2.24) is 20.8 Å². The zero-order valence-electron chi connectivity index (χ0n) is 12.4. The van der Waals surface area contributed by atoms with Crippen molar-refractivity contribution >= 4 is 5.91 Å². The lowest BCUT2D eigenvalue weighted by molar-refractivity contribution is -0.121. The molecule has 0 spiro atoms. The molecule has 1 heterocycles. The number of amides is 1. The van der Waals surface area contributed by atoms with Crippen LogP contribution in [0.1, 0.15) is 44.5 Å². The fraction of sp³-hybridized carbons (Fsp3) is 0.769. The van der Waals surface area contributed by atoms with Crippen molar-refractivity contribution in [2.45, 2.75) is 39.2 Å². The average molecular weight is 284 g/mol. The minimum Gasteiger partial charge on any atom is -0.374 e. The number of aryl methyl sites for hydroxylation is 1. The lowest BCUT2D eigenvalue weighted by atomic mass is 10.3.